The van der Waals surface area contributed by atoms with Crippen LogP contribution in [0.4, 0.5) is 0 Å². The Morgan fingerprint density at radius 2 is 1.76 bits per heavy atom. The van der Waals surface area contributed by atoms with Gasteiger partial charge in [0, 0.05) is 17.0 Å². The minimum absolute atomic E-state index is 0.0601. The zero-order valence-corrected chi connectivity index (χ0v) is 13.2. The molecule has 2 aromatic carbocycles. The monoisotopic (exact) mass is 325 g/mol. The SMILES string of the molecule is COc1cc(O)cc(OC)c1Sc1cccc(S(N)=O)c1. The minimum Gasteiger partial charge on any atom is -0.508 e. The summed E-state index contributed by atoms with van der Waals surface area (Å²) in [4.78, 5) is 2.10. The van der Waals surface area contributed by atoms with E-state index >= 15 is 0 Å². The number of hydrogen-bond acceptors (Lipinski definition) is 5. The zero-order valence-electron chi connectivity index (χ0n) is 11.5. The highest BCUT2D eigenvalue weighted by atomic mass is 32.2. The van der Waals surface area contributed by atoms with Crippen molar-refractivity contribution in [1.82, 2.24) is 0 Å². The third-order valence-electron chi connectivity index (χ3n) is 2.70. The second-order valence-corrected chi connectivity index (χ2v) is 6.20. The average molecular weight is 325 g/mol. The molecule has 0 saturated heterocycles. The Bertz CT molecular complexity index is 651. The van der Waals surface area contributed by atoms with E-state index in [2.05, 4.69) is 0 Å². The Kier molecular flexibility index (Phi) is 5.11. The second-order valence-electron chi connectivity index (χ2n) is 4.05. The molecular formula is C14H15NO4S2. The van der Waals surface area contributed by atoms with Gasteiger partial charge < -0.3 is 14.6 Å². The van der Waals surface area contributed by atoms with Crippen LogP contribution in [-0.2, 0) is 11.0 Å². The van der Waals surface area contributed by atoms with Crippen molar-refractivity contribution >= 4 is 22.7 Å². The number of phenols is 1. The van der Waals surface area contributed by atoms with E-state index in [-0.39, 0.29) is 5.75 Å². The molecule has 21 heavy (non-hydrogen) atoms. The molecule has 0 fully saturated rings. The molecule has 0 aromatic heterocycles. The van der Waals surface area contributed by atoms with E-state index in [1.54, 1.807) is 18.2 Å². The molecule has 0 radical (unpaired) electrons. The number of phenolic OH excluding ortho intramolecular Hbond substituents is 1. The highest BCUT2D eigenvalue weighted by molar-refractivity contribution is 7.99. The van der Waals surface area contributed by atoms with Gasteiger partial charge in [-0.25, -0.2) is 9.35 Å². The number of nitrogens with two attached hydrogens (primary N) is 1. The number of methoxy groups -OCH3 is 2. The van der Waals surface area contributed by atoms with Gasteiger partial charge in [0.05, 0.1) is 24.0 Å². The molecule has 2 aromatic rings. The molecule has 0 aliphatic rings. The van der Waals surface area contributed by atoms with Crippen molar-refractivity contribution in [3.05, 3.63) is 36.4 Å². The van der Waals surface area contributed by atoms with Crippen LogP contribution in [0.5, 0.6) is 17.2 Å². The number of hydrogen-bond donors (Lipinski definition) is 2. The van der Waals surface area contributed by atoms with Gasteiger partial charge in [-0.05, 0) is 18.2 Å². The molecule has 0 aliphatic heterocycles. The lowest BCUT2D eigenvalue weighted by Crippen LogP contribution is -2.02. The highest BCUT2D eigenvalue weighted by Gasteiger charge is 2.14. The maximum absolute atomic E-state index is 11.3. The number of ether oxygens (including phenoxy) is 2. The van der Waals surface area contributed by atoms with Gasteiger partial charge >= 0.3 is 0 Å². The van der Waals surface area contributed by atoms with Crippen molar-refractivity contribution in [2.75, 3.05) is 14.2 Å². The second kappa shape index (κ2) is 6.84. The van der Waals surface area contributed by atoms with Crippen molar-refractivity contribution in [1.29, 1.82) is 0 Å². The number of benzene rings is 2. The van der Waals surface area contributed by atoms with Crippen LogP contribution < -0.4 is 14.6 Å². The van der Waals surface area contributed by atoms with Gasteiger partial charge in [-0.2, -0.15) is 0 Å². The summed E-state index contributed by atoms with van der Waals surface area (Å²) in [5.41, 5.74) is 0. The summed E-state index contributed by atoms with van der Waals surface area (Å²) in [7, 11) is 1.50. The zero-order chi connectivity index (χ0) is 15.4. The molecule has 5 nitrogen and oxygen atoms in total. The van der Waals surface area contributed by atoms with Crippen molar-refractivity contribution in [3.63, 3.8) is 0 Å². The van der Waals surface area contributed by atoms with Gasteiger partial charge in [0.2, 0.25) is 0 Å². The van der Waals surface area contributed by atoms with Gasteiger partial charge in [-0.15, -0.1) is 0 Å². The molecule has 0 spiro atoms. The Hall–Kier alpha value is -1.70. The molecule has 0 bridgehead atoms. The molecule has 7 heteroatoms. The molecule has 0 saturated carbocycles. The Balaban J connectivity index is 2.43. The molecule has 2 rings (SSSR count). The van der Waals surface area contributed by atoms with Crippen LogP contribution in [0.1, 0.15) is 0 Å². The van der Waals surface area contributed by atoms with Crippen LogP contribution in [-0.4, -0.2) is 23.5 Å². The first-order valence-electron chi connectivity index (χ1n) is 5.94. The summed E-state index contributed by atoms with van der Waals surface area (Å²) in [6.45, 7) is 0. The van der Waals surface area contributed by atoms with Crippen molar-refractivity contribution in [3.8, 4) is 17.2 Å². The molecule has 1 unspecified atom stereocenters. The molecular weight excluding hydrogens is 310 g/mol. The molecule has 1 atom stereocenters. The van der Waals surface area contributed by atoms with E-state index in [1.165, 1.54) is 38.1 Å². The van der Waals surface area contributed by atoms with E-state index in [0.717, 1.165) is 9.79 Å². The summed E-state index contributed by atoms with van der Waals surface area (Å²) >= 11 is 1.38. The quantitative estimate of drug-likeness (QED) is 0.883. The molecule has 0 aliphatic carbocycles. The van der Waals surface area contributed by atoms with Gasteiger partial charge in [-0.3, -0.25) is 0 Å². The predicted octanol–water partition coefficient (Wildman–Crippen LogP) is 2.54. The normalized spacial score (nSPS) is 12.0. The smallest absolute Gasteiger partial charge is 0.140 e. The van der Waals surface area contributed by atoms with Crippen LogP contribution in [0.15, 0.2) is 51.1 Å². The number of rotatable bonds is 5. The van der Waals surface area contributed by atoms with Crippen molar-refractivity contribution in [2.24, 2.45) is 5.14 Å². The highest BCUT2D eigenvalue weighted by Crippen LogP contribution is 2.44. The van der Waals surface area contributed by atoms with E-state index < -0.39 is 11.0 Å². The van der Waals surface area contributed by atoms with Gasteiger partial charge in [0.25, 0.3) is 0 Å². The largest absolute Gasteiger partial charge is 0.508 e. The summed E-state index contributed by atoms with van der Waals surface area (Å²) in [6, 6.07) is 10.1. The van der Waals surface area contributed by atoms with E-state index in [0.29, 0.717) is 16.4 Å². The Labute approximate surface area is 129 Å². The fourth-order valence-electron chi connectivity index (χ4n) is 1.75. The Morgan fingerprint density at radius 1 is 1.14 bits per heavy atom. The summed E-state index contributed by atoms with van der Waals surface area (Å²) in [5, 5.41) is 15.0. The maximum atomic E-state index is 11.3. The topological polar surface area (TPSA) is 81.8 Å². The van der Waals surface area contributed by atoms with E-state index in [4.69, 9.17) is 14.6 Å². The van der Waals surface area contributed by atoms with E-state index in [9.17, 15) is 9.32 Å². The van der Waals surface area contributed by atoms with Crippen LogP contribution >= 0.6 is 11.8 Å². The fraction of sp³-hybridized carbons (Fsp3) is 0.143. The van der Waals surface area contributed by atoms with Crippen LogP contribution in [0.2, 0.25) is 0 Å². The van der Waals surface area contributed by atoms with Gasteiger partial charge in [0.1, 0.15) is 28.2 Å². The Morgan fingerprint density at radius 3 is 2.29 bits per heavy atom. The first-order chi connectivity index (χ1) is 10.0. The standard InChI is InChI=1S/C14H15NO4S2/c1-18-12-6-9(16)7-13(19-2)14(12)20-10-4-3-5-11(8-10)21(15)17/h3-8,16H,15H2,1-2H3. The minimum atomic E-state index is -1.53. The predicted molar refractivity (Wildman–Crippen MR) is 82.4 cm³/mol. The lowest BCUT2D eigenvalue weighted by atomic mass is 10.3. The van der Waals surface area contributed by atoms with Crippen LogP contribution in [0.3, 0.4) is 0 Å². The van der Waals surface area contributed by atoms with Gasteiger partial charge in [-0.1, -0.05) is 17.8 Å². The third kappa shape index (κ3) is 3.69. The first-order valence-corrected chi connectivity index (χ1v) is 7.97. The van der Waals surface area contributed by atoms with Gasteiger partial charge in [0.15, 0.2) is 0 Å². The first kappa shape index (κ1) is 15.7. The lowest BCUT2D eigenvalue weighted by molar-refractivity contribution is 0.368. The van der Waals surface area contributed by atoms with Crippen LogP contribution in [0, 0.1) is 0 Å². The summed E-state index contributed by atoms with van der Waals surface area (Å²) in [6.07, 6.45) is 0. The molecule has 112 valence electrons. The summed E-state index contributed by atoms with van der Waals surface area (Å²) in [5.74, 6) is 1.05. The molecule has 3 N–H and O–H groups in total. The van der Waals surface area contributed by atoms with Crippen molar-refractivity contribution < 1.29 is 18.8 Å². The average Bonchev–Trinajstić information content (AvgIpc) is 2.48. The molecule has 0 heterocycles. The van der Waals surface area contributed by atoms with E-state index in [1.807, 2.05) is 6.07 Å². The maximum Gasteiger partial charge on any atom is 0.140 e. The lowest BCUT2D eigenvalue weighted by Gasteiger charge is -2.13. The summed E-state index contributed by atoms with van der Waals surface area (Å²) < 4.78 is 21.9. The fourth-order valence-corrected chi connectivity index (χ4v) is 3.33. The number of aromatic hydroxyl groups is 1. The van der Waals surface area contributed by atoms with Crippen molar-refractivity contribution in [2.45, 2.75) is 14.7 Å². The third-order valence-corrected chi connectivity index (χ3v) is 4.52. The van der Waals surface area contributed by atoms with Crippen LogP contribution in [0.25, 0.3) is 0 Å². The molecule has 0 amide bonds.